The van der Waals surface area contributed by atoms with Crippen molar-refractivity contribution in [2.24, 2.45) is 0 Å². The Morgan fingerprint density at radius 3 is 2.93 bits per heavy atom. The van der Waals surface area contributed by atoms with Crippen molar-refractivity contribution in [3.63, 3.8) is 0 Å². The fourth-order valence-electron chi connectivity index (χ4n) is 1.21. The summed E-state index contributed by atoms with van der Waals surface area (Å²) in [5.74, 6) is 0.584. The normalized spacial score (nSPS) is 10.0. The summed E-state index contributed by atoms with van der Waals surface area (Å²) in [6, 6.07) is 3.66. The summed E-state index contributed by atoms with van der Waals surface area (Å²) in [4.78, 5) is 4.30. The van der Waals surface area contributed by atoms with E-state index in [0.29, 0.717) is 12.5 Å². The Labute approximate surface area is 90.4 Å². The highest BCUT2D eigenvalue weighted by Crippen LogP contribution is 2.13. The molecule has 0 aliphatic heterocycles. The summed E-state index contributed by atoms with van der Waals surface area (Å²) in [6.07, 6.45) is 3.44. The highest BCUT2D eigenvalue weighted by Gasteiger charge is 2.01. The van der Waals surface area contributed by atoms with Crippen molar-refractivity contribution in [2.45, 2.75) is 26.4 Å². The zero-order chi connectivity index (χ0) is 11.1. The Morgan fingerprint density at radius 2 is 2.33 bits per heavy atom. The van der Waals surface area contributed by atoms with E-state index >= 15 is 0 Å². The molecule has 0 spiro atoms. The van der Waals surface area contributed by atoms with Crippen molar-refractivity contribution in [2.75, 3.05) is 6.61 Å². The second-order valence-electron chi connectivity index (χ2n) is 3.24. The topological polar surface area (TPSA) is 42.4 Å². The molecule has 0 aliphatic rings. The smallest absolute Gasteiger partial charge is 0.213 e. The predicted octanol–water partition coefficient (Wildman–Crippen LogP) is 2.09. The van der Waals surface area contributed by atoms with Crippen LogP contribution in [0.1, 0.15) is 24.6 Å². The van der Waals surface area contributed by atoms with E-state index in [9.17, 15) is 0 Å². The van der Waals surface area contributed by atoms with Crippen LogP contribution < -0.4 is 4.74 Å². The lowest BCUT2D eigenvalue weighted by Crippen LogP contribution is -2.01. The van der Waals surface area contributed by atoms with E-state index in [4.69, 9.17) is 9.84 Å². The van der Waals surface area contributed by atoms with E-state index in [-0.39, 0.29) is 6.61 Å². The Bertz CT molecular complexity index is 301. The van der Waals surface area contributed by atoms with Gasteiger partial charge in [-0.3, -0.25) is 0 Å². The molecule has 1 aromatic rings. The molecule has 0 atom stereocenters. The molecule has 1 N–H and O–H groups in total. The van der Waals surface area contributed by atoms with Crippen LogP contribution in [0.2, 0.25) is 0 Å². The number of nitrogens with zero attached hydrogens (tertiary/aromatic N) is 1. The van der Waals surface area contributed by atoms with Gasteiger partial charge in [-0.05, 0) is 24.5 Å². The van der Waals surface area contributed by atoms with Gasteiger partial charge >= 0.3 is 0 Å². The highest BCUT2D eigenvalue weighted by atomic mass is 16.5. The van der Waals surface area contributed by atoms with E-state index in [1.807, 2.05) is 13.0 Å². The molecular weight excluding hydrogens is 190 g/mol. The summed E-state index contributed by atoms with van der Waals surface area (Å²) in [5.41, 5.74) is 1.78. The van der Waals surface area contributed by atoms with Crippen molar-refractivity contribution in [1.82, 2.24) is 4.98 Å². The van der Waals surface area contributed by atoms with Crippen LogP contribution in [0.3, 0.4) is 0 Å². The monoisotopic (exact) mass is 207 g/mol. The molecule has 0 radical (unpaired) electrons. The molecule has 15 heavy (non-hydrogen) atoms. The van der Waals surface area contributed by atoms with Gasteiger partial charge in [0.1, 0.15) is 0 Å². The molecule has 1 aromatic heterocycles. The van der Waals surface area contributed by atoms with Gasteiger partial charge < -0.3 is 9.84 Å². The van der Waals surface area contributed by atoms with E-state index in [2.05, 4.69) is 11.6 Å². The lowest BCUT2D eigenvalue weighted by Gasteiger charge is -2.07. The Hall–Kier alpha value is -1.35. The summed E-state index contributed by atoms with van der Waals surface area (Å²) in [5, 5.41) is 9.05. The fourth-order valence-corrected chi connectivity index (χ4v) is 1.21. The van der Waals surface area contributed by atoms with Gasteiger partial charge in [-0.25, -0.2) is 4.98 Å². The maximum atomic E-state index is 9.05. The number of rotatable bonds is 6. The van der Waals surface area contributed by atoms with Gasteiger partial charge in [0.05, 0.1) is 13.2 Å². The van der Waals surface area contributed by atoms with Gasteiger partial charge in [-0.1, -0.05) is 13.0 Å². The van der Waals surface area contributed by atoms with E-state index in [0.717, 1.165) is 24.1 Å². The van der Waals surface area contributed by atoms with Gasteiger partial charge in [0.25, 0.3) is 0 Å². The molecule has 3 heteroatoms. The summed E-state index contributed by atoms with van der Waals surface area (Å²) < 4.78 is 5.44. The Kier molecular flexibility index (Phi) is 4.84. The Morgan fingerprint density at radius 1 is 1.53 bits per heavy atom. The molecule has 0 aliphatic carbocycles. The predicted molar refractivity (Wildman–Crippen MR) is 59.8 cm³/mol. The van der Waals surface area contributed by atoms with Gasteiger partial charge in [0.15, 0.2) is 0 Å². The van der Waals surface area contributed by atoms with Crippen LogP contribution in [-0.2, 0) is 13.0 Å². The molecule has 1 heterocycles. The summed E-state index contributed by atoms with van der Waals surface area (Å²) >= 11 is 0. The van der Waals surface area contributed by atoms with Gasteiger partial charge in [0.2, 0.25) is 5.88 Å². The molecule has 0 aromatic carbocycles. The van der Waals surface area contributed by atoms with Gasteiger partial charge in [-0.2, -0.15) is 0 Å². The average molecular weight is 207 g/mol. The number of aromatic nitrogens is 1. The van der Waals surface area contributed by atoms with Crippen LogP contribution in [0, 0.1) is 0 Å². The number of ether oxygens (including phenoxy) is 1. The van der Waals surface area contributed by atoms with Crippen molar-refractivity contribution in [1.29, 1.82) is 0 Å². The van der Waals surface area contributed by atoms with E-state index < -0.39 is 0 Å². The largest absolute Gasteiger partial charge is 0.477 e. The number of pyridine rings is 1. The lowest BCUT2D eigenvalue weighted by molar-refractivity contribution is 0.277. The zero-order valence-corrected chi connectivity index (χ0v) is 9.07. The molecule has 0 fully saturated rings. The SMILES string of the molecule is C=CCCOc1cc(CO)cc(CC)n1. The van der Waals surface area contributed by atoms with Crippen molar-refractivity contribution in [3.05, 3.63) is 36.0 Å². The first kappa shape index (κ1) is 11.7. The first-order chi connectivity index (χ1) is 7.30. The average Bonchev–Trinajstić information content (AvgIpc) is 2.29. The maximum absolute atomic E-state index is 9.05. The third kappa shape index (κ3) is 3.72. The summed E-state index contributed by atoms with van der Waals surface area (Å²) in [7, 11) is 0. The van der Waals surface area contributed by atoms with Gasteiger partial charge in [-0.15, -0.1) is 6.58 Å². The lowest BCUT2D eigenvalue weighted by atomic mass is 10.2. The minimum atomic E-state index is 0.0212. The van der Waals surface area contributed by atoms with Crippen LogP contribution >= 0.6 is 0 Å². The van der Waals surface area contributed by atoms with Crippen LogP contribution in [0.4, 0.5) is 0 Å². The van der Waals surface area contributed by atoms with E-state index in [1.54, 1.807) is 12.1 Å². The third-order valence-corrected chi connectivity index (χ3v) is 2.03. The second kappa shape index (κ2) is 6.19. The van der Waals surface area contributed by atoms with Gasteiger partial charge in [0, 0.05) is 11.8 Å². The molecule has 0 bridgehead atoms. The van der Waals surface area contributed by atoms with Crippen molar-refractivity contribution in [3.8, 4) is 5.88 Å². The molecule has 0 amide bonds. The van der Waals surface area contributed by atoms with Crippen LogP contribution in [-0.4, -0.2) is 16.7 Å². The minimum absolute atomic E-state index is 0.0212. The van der Waals surface area contributed by atoms with Crippen LogP contribution in [0.15, 0.2) is 24.8 Å². The molecule has 1 rings (SSSR count). The van der Waals surface area contributed by atoms with Crippen molar-refractivity contribution >= 4 is 0 Å². The van der Waals surface area contributed by atoms with Crippen LogP contribution in [0.25, 0.3) is 0 Å². The number of hydrogen-bond acceptors (Lipinski definition) is 3. The van der Waals surface area contributed by atoms with Crippen LogP contribution in [0.5, 0.6) is 5.88 Å². The van der Waals surface area contributed by atoms with Crippen molar-refractivity contribution < 1.29 is 9.84 Å². The third-order valence-electron chi connectivity index (χ3n) is 2.03. The number of hydrogen-bond donors (Lipinski definition) is 1. The minimum Gasteiger partial charge on any atom is -0.477 e. The molecular formula is C12H17NO2. The number of aliphatic hydroxyl groups excluding tert-OH is 1. The second-order valence-corrected chi connectivity index (χ2v) is 3.24. The molecule has 3 nitrogen and oxygen atoms in total. The highest BCUT2D eigenvalue weighted by molar-refractivity contribution is 5.24. The zero-order valence-electron chi connectivity index (χ0n) is 9.07. The fraction of sp³-hybridized carbons (Fsp3) is 0.417. The Balaban J connectivity index is 2.72. The maximum Gasteiger partial charge on any atom is 0.213 e. The first-order valence-electron chi connectivity index (χ1n) is 5.14. The number of aliphatic hydroxyl groups is 1. The standard InChI is InChI=1S/C12H17NO2/c1-3-5-6-15-12-8-10(9-14)7-11(4-2)13-12/h3,7-8,14H,1,4-6,9H2,2H3. The molecule has 82 valence electrons. The summed E-state index contributed by atoms with van der Waals surface area (Å²) in [6.45, 7) is 6.24. The number of aryl methyl sites for hydroxylation is 1. The molecule has 0 saturated heterocycles. The quantitative estimate of drug-likeness (QED) is 0.573. The molecule has 0 saturated carbocycles. The molecule has 0 unspecified atom stereocenters. The first-order valence-corrected chi connectivity index (χ1v) is 5.14. The van der Waals surface area contributed by atoms with E-state index in [1.165, 1.54) is 0 Å².